The van der Waals surface area contributed by atoms with Crippen molar-refractivity contribution in [3.05, 3.63) is 89.6 Å². The Morgan fingerprint density at radius 2 is 1.95 bits per heavy atom. The van der Waals surface area contributed by atoms with Crippen molar-refractivity contribution in [3.63, 3.8) is 0 Å². The molecule has 0 fully saturated rings. The first-order valence-corrected chi connectivity index (χ1v) is 14.3. The lowest BCUT2D eigenvalue weighted by molar-refractivity contribution is 0.0851. The number of nitrogens with zero attached hydrogens (tertiary/aromatic N) is 2. The van der Waals surface area contributed by atoms with E-state index in [9.17, 15) is 9.90 Å². The minimum absolute atomic E-state index is 0.192. The molecule has 2 heterocycles. The summed E-state index contributed by atoms with van der Waals surface area (Å²) in [6.07, 6.45) is 2.91. The van der Waals surface area contributed by atoms with E-state index in [2.05, 4.69) is 39.7 Å². The SMILES string of the molecule is CCn1cc2c3c(cc(C(=O)N[C@@H](Cc4ccccc4)[C@H](O)CNc4cccc(OC)c4)cc31)N(C)SCC2. The van der Waals surface area contributed by atoms with Crippen molar-refractivity contribution in [1.29, 1.82) is 0 Å². The van der Waals surface area contributed by atoms with Crippen LogP contribution in [0, 0.1) is 0 Å². The highest BCUT2D eigenvalue weighted by molar-refractivity contribution is 8.00. The summed E-state index contributed by atoms with van der Waals surface area (Å²) in [7, 11) is 3.69. The van der Waals surface area contributed by atoms with Crippen LogP contribution < -0.4 is 19.7 Å². The number of amides is 1. The van der Waals surface area contributed by atoms with Crippen LogP contribution in [0.2, 0.25) is 0 Å². The van der Waals surface area contributed by atoms with E-state index < -0.39 is 12.1 Å². The van der Waals surface area contributed by atoms with Crippen molar-refractivity contribution in [2.24, 2.45) is 0 Å². The van der Waals surface area contributed by atoms with Crippen molar-refractivity contribution < 1.29 is 14.6 Å². The number of hydrogen-bond donors (Lipinski definition) is 3. The van der Waals surface area contributed by atoms with Crippen molar-refractivity contribution >= 4 is 40.1 Å². The Hall–Kier alpha value is -3.62. The average molecular weight is 545 g/mol. The largest absolute Gasteiger partial charge is 0.497 e. The summed E-state index contributed by atoms with van der Waals surface area (Å²) in [6.45, 7) is 3.24. The number of anilines is 2. The molecule has 0 saturated heterocycles. The number of carbonyl (C=O) groups excluding carboxylic acids is 1. The molecule has 1 aliphatic rings. The molecule has 8 heteroatoms. The molecule has 7 nitrogen and oxygen atoms in total. The molecule has 0 unspecified atom stereocenters. The van der Waals surface area contributed by atoms with Crippen LogP contribution in [0.25, 0.3) is 10.9 Å². The molecule has 2 atom stereocenters. The lowest BCUT2D eigenvalue weighted by atomic mass is 9.99. The second kappa shape index (κ2) is 12.1. The molecule has 5 rings (SSSR count). The number of carbonyl (C=O) groups is 1. The standard InChI is InChI=1S/C31H36N4O3S/c1-4-35-20-22-13-14-39-34(2)27-16-23(17-28(35)30(22)27)31(37)33-26(15-21-9-6-5-7-10-21)29(36)19-32-24-11-8-12-25(18-24)38-3/h5-12,16-18,20,26,29,32,36H,4,13-15,19H2,1-3H3,(H,33,37)/t26-,29+/m0/s1. The van der Waals surface area contributed by atoms with Crippen LogP contribution in [0.15, 0.2) is 72.9 Å². The number of benzene rings is 3. The van der Waals surface area contributed by atoms with Crippen LogP contribution in [-0.2, 0) is 19.4 Å². The van der Waals surface area contributed by atoms with Gasteiger partial charge < -0.3 is 29.3 Å². The fraction of sp³-hybridized carbons (Fsp3) is 0.323. The van der Waals surface area contributed by atoms with E-state index in [4.69, 9.17) is 4.74 Å². The molecule has 4 aromatic rings. The highest BCUT2D eigenvalue weighted by Crippen LogP contribution is 2.38. The van der Waals surface area contributed by atoms with Crippen LogP contribution in [0.3, 0.4) is 0 Å². The number of methoxy groups -OCH3 is 1. The maximum atomic E-state index is 13.7. The van der Waals surface area contributed by atoms with E-state index in [0.717, 1.165) is 46.9 Å². The molecule has 1 amide bonds. The highest BCUT2D eigenvalue weighted by Gasteiger charge is 2.25. The summed E-state index contributed by atoms with van der Waals surface area (Å²) in [6, 6.07) is 21.0. The Balaban J connectivity index is 1.41. The van der Waals surface area contributed by atoms with E-state index in [-0.39, 0.29) is 12.5 Å². The monoisotopic (exact) mass is 544 g/mol. The van der Waals surface area contributed by atoms with Gasteiger partial charge in [-0.2, -0.15) is 0 Å². The first-order chi connectivity index (χ1) is 19.0. The predicted molar refractivity (Wildman–Crippen MR) is 161 cm³/mol. The highest BCUT2D eigenvalue weighted by atomic mass is 32.2. The van der Waals surface area contributed by atoms with Crippen molar-refractivity contribution in [3.8, 4) is 5.75 Å². The van der Waals surface area contributed by atoms with Crippen molar-refractivity contribution in [2.75, 3.05) is 36.1 Å². The molecule has 3 aromatic carbocycles. The molecular formula is C31H36N4O3S. The number of aryl methyl sites for hydroxylation is 2. The second-order valence-electron chi connectivity index (χ2n) is 9.86. The molecule has 0 spiro atoms. The van der Waals surface area contributed by atoms with Gasteiger partial charge in [-0.3, -0.25) is 4.79 Å². The Kier molecular flexibility index (Phi) is 8.33. The van der Waals surface area contributed by atoms with Gasteiger partial charge in [0.05, 0.1) is 30.5 Å². The van der Waals surface area contributed by atoms with Gasteiger partial charge in [-0.15, -0.1) is 0 Å². The van der Waals surface area contributed by atoms with Gasteiger partial charge in [0.15, 0.2) is 0 Å². The van der Waals surface area contributed by atoms with Gasteiger partial charge in [0.1, 0.15) is 5.75 Å². The zero-order chi connectivity index (χ0) is 27.4. The third-order valence-corrected chi connectivity index (χ3v) is 8.27. The predicted octanol–water partition coefficient (Wildman–Crippen LogP) is 5.12. The van der Waals surface area contributed by atoms with Gasteiger partial charge in [-0.05, 0) is 67.1 Å². The molecule has 204 valence electrons. The summed E-state index contributed by atoms with van der Waals surface area (Å²) < 4.78 is 9.71. The van der Waals surface area contributed by atoms with Crippen LogP contribution >= 0.6 is 11.9 Å². The lowest BCUT2D eigenvalue weighted by Crippen LogP contribution is -2.47. The summed E-state index contributed by atoms with van der Waals surface area (Å²) in [5.41, 5.74) is 5.94. The van der Waals surface area contributed by atoms with E-state index in [1.807, 2.05) is 66.7 Å². The fourth-order valence-corrected chi connectivity index (χ4v) is 6.05. The minimum Gasteiger partial charge on any atom is -0.497 e. The average Bonchev–Trinajstić information content (AvgIpc) is 3.24. The number of nitrogens with one attached hydrogen (secondary N) is 2. The molecule has 0 radical (unpaired) electrons. The third kappa shape index (κ3) is 6.02. The van der Waals surface area contributed by atoms with Crippen molar-refractivity contribution in [2.45, 2.75) is 38.5 Å². The summed E-state index contributed by atoms with van der Waals surface area (Å²) in [4.78, 5) is 13.7. The zero-order valence-electron chi connectivity index (χ0n) is 22.7. The summed E-state index contributed by atoms with van der Waals surface area (Å²) >= 11 is 1.77. The third-order valence-electron chi connectivity index (χ3n) is 7.30. The molecule has 1 aromatic heterocycles. The first kappa shape index (κ1) is 27.0. The van der Waals surface area contributed by atoms with E-state index in [0.29, 0.717) is 12.0 Å². The molecule has 0 saturated carbocycles. The van der Waals surface area contributed by atoms with E-state index in [1.54, 1.807) is 19.1 Å². The molecule has 39 heavy (non-hydrogen) atoms. The van der Waals surface area contributed by atoms with Gasteiger partial charge in [-0.1, -0.05) is 36.4 Å². The molecule has 1 aliphatic heterocycles. The smallest absolute Gasteiger partial charge is 0.251 e. The van der Waals surface area contributed by atoms with Crippen LogP contribution in [0.4, 0.5) is 11.4 Å². The van der Waals surface area contributed by atoms with Crippen LogP contribution in [-0.4, -0.2) is 54.2 Å². The number of aromatic nitrogens is 1. The number of ether oxygens (including phenoxy) is 1. The van der Waals surface area contributed by atoms with E-state index in [1.165, 1.54) is 10.9 Å². The first-order valence-electron chi connectivity index (χ1n) is 13.4. The van der Waals surface area contributed by atoms with Gasteiger partial charge >= 0.3 is 0 Å². The van der Waals surface area contributed by atoms with Crippen molar-refractivity contribution in [1.82, 2.24) is 9.88 Å². The molecule has 3 N–H and O–H groups in total. The summed E-state index contributed by atoms with van der Waals surface area (Å²) in [5.74, 6) is 1.55. The Morgan fingerprint density at radius 3 is 2.72 bits per heavy atom. The fourth-order valence-electron chi connectivity index (χ4n) is 5.18. The lowest BCUT2D eigenvalue weighted by Gasteiger charge is -2.26. The van der Waals surface area contributed by atoms with Gasteiger partial charge in [0, 0.05) is 54.8 Å². The Labute approximate surface area is 234 Å². The number of hydrogen-bond acceptors (Lipinski definition) is 6. The molecular weight excluding hydrogens is 508 g/mol. The number of aliphatic hydroxyl groups excluding tert-OH is 1. The molecule has 0 bridgehead atoms. The van der Waals surface area contributed by atoms with Crippen LogP contribution in [0.1, 0.15) is 28.4 Å². The Morgan fingerprint density at radius 1 is 1.13 bits per heavy atom. The number of aliphatic hydroxyl groups is 1. The number of rotatable bonds is 10. The van der Waals surface area contributed by atoms with Gasteiger partial charge in [0.25, 0.3) is 5.91 Å². The minimum atomic E-state index is -0.824. The second-order valence-corrected chi connectivity index (χ2v) is 11.1. The Bertz CT molecular complexity index is 1440. The summed E-state index contributed by atoms with van der Waals surface area (Å²) in [5, 5.41) is 18.9. The maximum absolute atomic E-state index is 13.7. The van der Waals surface area contributed by atoms with Gasteiger partial charge in [0.2, 0.25) is 0 Å². The maximum Gasteiger partial charge on any atom is 0.251 e. The molecule has 0 aliphatic carbocycles. The topological polar surface area (TPSA) is 78.8 Å². The van der Waals surface area contributed by atoms with Crippen LogP contribution in [0.5, 0.6) is 5.75 Å². The van der Waals surface area contributed by atoms with Gasteiger partial charge in [-0.25, -0.2) is 0 Å². The quantitative estimate of drug-likeness (QED) is 0.241. The normalized spacial score (nSPS) is 14.5. The zero-order valence-corrected chi connectivity index (χ0v) is 23.5. The van der Waals surface area contributed by atoms with E-state index >= 15 is 0 Å².